The van der Waals surface area contributed by atoms with Crippen molar-refractivity contribution < 1.29 is 0 Å². The van der Waals surface area contributed by atoms with Gasteiger partial charge in [-0.15, -0.1) is 21.5 Å². The van der Waals surface area contributed by atoms with Crippen LogP contribution in [-0.2, 0) is 5.75 Å². The molecule has 0 spiro atoms. The minimum Gasteiger partial charge on any atom is -0.383 e. The van der Waals surface area contributed by atoms with Crippen molar-refractivity contribution in [2.75, 3.05) is 11.5 Å². The maximum atomic E-state index is 6.27. The molecule has 2 aromatic carbocycles. The molecule has 35 heavy (non-hydrogen) atoms. The largest absolute Gasteiger partial charge is 0.383 e. The third kappa shape index (κ3) is 5.27. The number of nitrogen functional groups attached to an aromatic ring is 1. The highest BCUT2D eigenvalue weighted by atomic mass is 32.2. The lowest BCUT2D eigenvalue weighted by molar-refractivity contribution is 0.865. The molecule has 0 amide bonds. The van der Waals surface area contributed by atoms with Crippen LogP contribution in [0, 0.1) is 13.8 Å². The number of fused-ring (bicyclic) bond motifs is 1. The zero-order chi connectivity index (χ0) is 24.2. The summed E-state index contributed by atoms with van der Waals surface area (Å²) >= 11 is 4.83. The monoisotopic (exact) mass is 516 g/mol. The molecule has 0 bridgehead atoms. The standard InChI is InChI=1S/C26H24N6S3/c1-17-18(2)35-24-22(17)23(27)28-25(29-24)34-16-21-30-31-26(32(21)20-13-7-4-8-14-20)33-15-9-12-19-10-5-3-6-11-19/h3-14H,15-16H2,1-2H3,(H2,27,28,29)/b12-9-. The van der Waals surface area contributed by atoms with Crippen molar-refractivity contribution in [1.29, 1.82) is 0 Å². The predicted molar refractivity (Wildman–Crippen MR) is 148 cm³/mol. The number of hydrogen-bond acceptors (Lipinski definition) is 8. The molecule has 0 saturated heterocycles. The molecular formula is C26H24N6S3. The normalized spacial score (nSPS) is 11.6. The second-order valence-electron chi connectivity index (χ2n) is 7.84. The summed E-state index contributed by atoms with van der Waals surface area (Å²) in [6.45, 7) is 4.15. The van der Waals surface area contributed by atoms with E-state index in [9.17, 15) is 0 Å². The molecule has 0 unspecified atom stereocenters. The Balaban J connectivity index is 1.36. The number of aryl methyl sites for hydroxylation is 2. The second kappa shape index (κ2) is 10.6. The summed E-state index contributed by atoms with van der Waals surface area (Å²) in [5, 5.41) is 11.5. The molecular weight excluding hydrogens is 493 g/mol. The van der Waals surface area contributed by atoms with Gasteiger partial charge in [0, 0.05) is 16.3 Å². The van der Waals surface area contributed by atoms with Crippen LogP contribution in [0.15, 0.2) is 77.1 Å². The highest BCUT2D eigenvalue weighted by Crippen LogP contribution is 2.34. The van der Waals surface area contributed by atoms with E-state index in [1.54, 1.807) is 23.1 Å². The average Bonchev–Trinajstić information content (AvgIpc) is 3.41. The molecule has 9 heteroatoms. The first kappa shape index (κ1) is 23.6. The lowest BCUT2D eigenvalue weighted by Gasteiger charge is -2.09. The van der Waals surface area contributed by atoms with Gasteiger partial charge in [-0.3, -0.25) is 4.57 Å². The Bertz CT molecular complexity index is 1480. The van der Waals surface area contributed by atoms with Gasteiger partial charge in [0.2, 0.25) is 0 Å². The van der Waals surface area contributed by atoms with E-state index in [1.165, 1.54) is 22.2 Å². The summed E-state index contributed by atoms with van der Waals surface area (Å²) in [7, 11) is 0. The zero-order valence-electron chi connectivity index (χ0n) is 19.4. The van der Waals surface area contributed by atoms with Gasteiger partial charge in [-0.2, -0.15) is 0 Å². The molecule has 0 fully saturated rings. The summed E-state index contributed by atoms with van der Waals surface area (Å²) in [6, 6.07) is 20.5. The topological polar surface area (TPSA) is 82.5 Å². The fourth-order valence-corrected chi connectivity index (χ4v) is 6.29. The van der Waals surface area contributed by atoms with Crippen molar-refractivity contribution in [3.05, 3.63) is 88.6 Å². The Morgan fingerprint density at radius 3 is 2.46 bits per heavy atom. The van der Waals surface area contributed by atoms with Crippen LogP contribution in [0.4, 0.5) is 5.82 Å². The third-order valence-electron chi connectivity index (χ3n) is 5.50. The molecule has 0 radical (unpaired) electrons. The second-order valence-corrected chi connectivity index (χ2v) is 11.0. The molecule has 0 saturated carbocycles. The maximum absolute atomic E-state index is 6.27. The number of benzene rings is 2. The van der Waals surface area contributed by atoms with Crippen molar-refractivity contribution in [2.45, 2.75) is 29.9 Å². The number of thiophene rings is 1. The van der Waals surface area contributed by atoms with E-state index < -0.39 is 0 Å². The van der Waals surface area contributed by atoms with Crippen LogP contribution in [0.3, 0.4) is 0 Å². The Morgan fingerprint density at radius 2 is 1.69 bits per heavy atom. The molecule has 5 aromatic rings. The Labute approximate surface area is 216 Å². The van der Waals surface area contributed by atoms with E-state index in [0.29, 0.717) is 16.7 Å². The van der Waals surface area contributed by atoms with E-state index in [1.807, 2.05) is 36.4 Å². The van der Waals surface area contributed by atoms with E-state index >= 15 is 0 Å². The summed E-state index contributed by atoms with van der Waals surface area (Å²) in [6.07, 6.45) is 4.27. The van der Waals surface area contributed by atoms with Crippen molar-refractivity contribution in [2.24, 2.45) is 0 Å². The molecule has 0 aliphatic heterocycles. The molecule has 3 heterocycles. The average molecular weight is 517 g/mol. The van der Waals surface area contributed by atoms with Gasteiger partial charge >= 0.3 is 0 Å². The molecule has 176 valence electrons. The van der Waals surface area contributed by atoms with E-state index in [2.05, 4.69) is 70.0 Å². The van der Waals surface area contributed by atoms with Gasteiger partial charge in [0.1, 0.15) is 16.5 Å². The first-order valence-corrected chi connectivity index (χ1v) is 13.9. The number of anilines is 1. The van der Waals surface area contributed by atoms with Gasteiger partial charge in [0.15, 0.2) is 10.3 Å². The molecule has 3 aromatic heterocycles. The van der Waals surface area contributed by atoms with Gasteiger partial charge < -0.3 is 5.73 Å². The van der Waals surface area contributed by atoms with Crippen molar-refractivity contribution >= 4 is 57.0 Å². The molecule has 0 aliphatic carbocycles. The van der Waals surface area contributed by atoms with Gasteiger partial charge in [-0.05, 0) is 37.1 Å². The van der Waals surface area contributed by atoms with Crippen LogP contribution in [0.25, 0.3) is 22.0 Å². The molecule has 6 nitrogen and oxygen atoms in total. The highest BCUT2D eigenvalue weighted by Gasteiger charge is 2.17. The lowest BCUT2D eigenvalue weighted by Crippen LogP contribution is -2.02. The fraction of sp³-hybridized carbons (Fsp3) is 0.154. The van der Waals surface area contributed by atoms with Crippen LogP contribution in [0.5, 0.6) is 0 Å². The predicted octanol–water partition coefficient (Wildman–Crippen LogP) is 6.57. The minimum atomic E-state index is 0.533. The first-order chi connectivity index (χ1) is 17.1. The first-order valence-electron chi connectivity index (χ1n) is 11.1. The summed E-state index contributed by atoms with van der Waals surface area (Å²) < 4.78 is 2.11. The quantitative estimate of drug-likeness (QED) is 0.184. The van der Waals surface area contributed by atoms with E-state index in [-0.39, 0.29) is 0 Å². The van der Waals surface area contributed by atoms with Crippen molar-refractivity contribution in [3.8, 4) is 5.69 Å². The Hall–Kier alpha value is -3.14. The number of hydrogen-bond donors (Lipinski definition) is 1. The van der Waals surface area contributed by atoms with Crippen LogP contribution >= 0.6 is 34.9 Å². The van der Waals surface area contributed by atoms with Crippen molar-refractivity contribution in [1.82, 2.24) is 24.7 Å². The highest BCUT2D eigenvalue weighted by molar-refractivity contribution is 7.99. The third-order valence-corrected chi connectivity index (χ3v) is 8.33. The van der Waals surface area contributed by atoms with Gasteiger partial charge in [-0.1, -0.05) is 84.2 Å². The van der Waals surface area contributed by atoms with E-state index in [0.717, 1.165) is 38.2 Å². The molecule has 0 aliphatic rings. The maximum Gasteiger partial charge on any atom is 0.196 e. The van der Waals surface area contributed by atoms with Crippen LogP contribution in [0.2, 0.25) is 0 Å². The number of nitrogens with zero attached hydrogens (tertiary/aromatic N) is 5. The molecule has 2 N–H and O–H groups in total. The zero-order valence-corrected chi connectivity index (χ0v) is 21.8. The van der Waals surface area contributed by atoms with Gasteiger partial charge in [-0.25, -0.2) is 9.97 Å². The number of para-hydroxylation sites is 1. The SMILES string of the molecule is Cc1sc2nc(SCc3nnc(SC/C=C\c4ccccc4)n3-c3ccccc3)nc(N)c2c1C. The van der Waals surface area contributed by atoms with Crippen LogP contribution in [-0.4, -0.2) is 30.5 Å². The number of nitrogens with two attached hydrogens (primary N) is 1. The van der Waals surface area contributed by atoms with Crippen LogP contribution in [0.1, 0.15) is 21.8 Å². The molecule has 5 rings (SSSR count). The Morgan fingerprint density at radius 1 is 0.943 bits per heavy atom. The number of thioether (sulfide) groups is 2. The van der Waals surface area contributed by atoms with Crippen LogP contribution < -0.4 is 5.73 Å². The van der Waals surface area contributed by atoms with E-state index in [4.69, 9.17) is 10.7 Å². The summed E-state index contributed by atoms with van der Waals surface area (Å²) in [5.41, 5.74) is 9.65. The number of rotatable bonds is 8. The molecule has 0 atom stereocenters. The van der Waals surface area contributed by atoms with Crippen molar-refractivity contribution in [3.63, 3.8) is 0 Å². The fourth-order valence-electron chi connectivity index (χ4n) is 3.65. The van der Waals surface area contributed by atoms with Gasteiger partial charge in [0.25, 0.3) is 0 Å². The number of aromatic nitrogens is 5. The Kier molecular flexibility index (Phi) is 7.17. The smallest absolute Gasteiger partial charge is 0.196 e. The summed E-state index contributed by atoms with van der Waals surface area (Å²) in [4.78, 5) is 11.5. The lowest BCUT2D eigenvalue weighted by atomic mass is 10.2. The minimum absolute atomic E-state index is 0.533. The summed E-state index contributed by atoms with van der Waals surface area (Å²) in [5.74, 6) is 2.75. The van der Waals surface area contributed by atoms with Gasteiger partial charge in [0.05, 0.1) is 11.1 Å².